The molecule has 10 heteroatoms. The number of nitrogens with one attached hydrogen (secondary N) is 1. The highest BCUT2D eigenvalue weighted by Crippen LogP contribution is 2.46. The number of rotatable bonds is 4. The Kier molecular flexibility index (Phi) is 5.60. The van der Waals surface area contributed by atoms with Crippen molar-refractivity contribution in [2.24, 2.45) is 0 Å². The molecule has 0 aliphatic carbocycles. The summed E-state index contributed by atoms with van der Waals surface area (Å²) in [5.41, 5.74) is 0.229. The Hall–Kier alpha value is -3.14. The van der Waals surface area contributed by atoms with Crippen LogP contribution in [0.2, 0.25) is 0 Å². The van der Waals surface area contributed by atoms with Gasteiger partial charge in [0.2, 0.25) is 5.91 Å². The molecule has 0 radical (unpaired) electrons. The van der Waals surface area contributed by atoms with Gasteiger partial charge in [0.25, 0.3) is 5.91 Å². The van der Waals surface area contributed by atoms with Crippen molar-refractivity contribution in [2.75, 3.05) is 18.1 Å². The molecular weight excluding hydrogens is 439 g/mol. The highest BCUT2D eigenvalue weighted by atomic mass is 19.4. The highest BCUT2D eigenvalue weighted by Gasteiger charge is 2.45. The normalized spacial score (nSPS) is 19.2. The first-order chi connectivity index (χ1) is 15.4. The first kappa shape index (κ1) is 23.0. The third-order valence-electron chi connectivity index (χ3n) is 6.11. The monoisotopic (exact) mass is 463 g/mol. The van der Waals surface area contributed by atoms with E-state index in [4.69, 9.17) is 4.74 Å². The van der Waals surface area contributed by atoms with Crippen LogP contribution < -0.4 is 15.0 Å². The van der Waals surface area contributed by atoms with E-state index in [9.17, 15) is 22.8 Å². The topological polar surface area (TPSA) is 80.8 Å². The zero-order valence-electron chi connectivity index (χ0n) is 18.5. The van der Waals surface area contributed by atoms with Crippen molar-refractivity contribution in [2.45, 2.75) is 50.9 Å². The Morgan fingerprint density at radius 1 is 1.15 bits per heavy atom. The summed E-state index contributed by atoms with van der Waals surface area (Å²) in [5, 5.41) is 3.06. The molecule has 2 aliphatic heterocycles. The molecule has 2 amide bonds. The fourth-order valence-corrected chi connectivity index (χ4v) is 4.15. The molecule has 0 bridgehead atoms. The van der Waals surface area contributed by atoms with Crippen molar-refractivity contribution in [3.05, 3.63) is 47.8 Å². The van der Waals surface area contributed by atoms with Gasteiger partial charge in [0, 0.05) is 30.4 Å². The predicted octanol–water partition coefficient (Wildman–Crippen LogP) is 4.24. The molecule has 1 aromatic carbocycles. The molecule has 7 nitrogen and oxygen atoms in total. The van der Waals surface area contributed by atoms with Crippen molar-refractivity contribution in [3.8, 4) is 5.75 Å². The van der Waals surface area contributed by atoms with Crippen LogP contribution in [0.5, 0.6) is 5.75 Å². The van der Waals surface area contributed by atoms with E-state index in [0.29, 0.717) is 42.9 Å². The molecule has 0 unspecified atom stereocenters. The van der Waals surface area contributed by atoms with Gasteiger partial charge >= 0.3 is 6.36 Å². The zero-order valence-corrected chi connectivity index (χ0v) is 18.5. The largest absolute Gasteiger partial charge is 0.573 e. The summed E-state index contributed by atoms with van der Waals surface area (Å²) < 4.78 is 47.2. The number of hydrogen-bond acceptors (Lipinski definition) is 5. The minimum Gasteiger partial charge on any atom is -0.404 e. The van der Waals surface area contributed by atoms with Crippen LogP contribution in [0.25, 0.3) is 0 Å². The van der Waals surface area contributed by atoms with Crippen LogP contribution in [0.15, 0.2) is 36.7 Å². The Bertz CT molecular complexity index is 1090. The summed E-state index contributed by atoms with van der Waals surface area (Å²) in [6, 6.07) is 5.99. The predicted molar refractivity (Wildman–Crippen MR) is 113 cm³/mol. The summed E-state index contributed by atoms with van der Waals surface area (Å²) >= 11 is 0. The van der Waals surface area contributed by atoms with E-state index < -0.39 is 17.5 Å². The molecule has 1 fully saturated rings. The molecular formula is C23H24F3N3O4. The van der Waals surface area contributed by atoms with Crippen molar-refractivity contribution in [1.82, 2.24) is 10.3 Å². The summed E-state index contributed by atoms with van der Waals surface area (Å²) in [7, 11) is 0. The number of hydrogen-bond donors (Lipinski definition) is 1. The second-order valence-electron chi connectivity index (χ2n) is 9.05. The van der Waals surface area contributed by atoms with Crippen molar-refractivity contribution in [1.29, 1.82) is 0 Å². The summed E-state index contributed by atoms with van der Waals surface area (Å²) in [5.74, 6) is -1.14. The smallest absolute Gasteiger partial charge is 0.404 e. The molecule has 0 saturated carbocycles. The molecule has 2 aliphatic rings. The molecule has 1 saturated heterocycles. The second-order valence-corrected chi connectivity index (χ2v) is 9.05. The first-order valence-corrected chi connectivity index (χ1v) is 10.5. The number of benzene rings is 1. The van der Waals surface area contributed by atoms with Crippen molar-refractivity contribution >= 4 is 23.2 Å². The average Bonchev–Trinajstić information content (AvgIpc) is 2.92. The lowest BCUT2D eigenvalue weighted by molar-refractivity contribution is -0.274. The summed E-state index contributed by atoms with van der Waals surface area (Å²) in [4.78, 5) is 31.3. The van der Waals surface area contributed by atoms with Gasteiger partial charge in [-0.25, -0.2) is 0 Å². The Balaban J connectivity index is 1.66. The Labute approximate surface area is 188 Å². The lowest BCUT2D eigenvalue weighted by Crippen LogP contribution is -2.49. The molecule has 33 heavy (non-hydrogen) atoms. The molecule has 176 valence electrons. The maximum atomic E-state index is 13.3. The van der Waals surface area contributed by atoms with Crippen LogP contribution in [0.1, 0.15) is 49.5 Å². The fraction of sp³-hybridized carbons (Fsp3) is 0.435. The van der Waals surface area contributed by atoms with Gasteiger partial charge in [0.1, 0.15) is 5.75 Å². The van der Waals surface area contributed by atoms with Crippen LogP contribution in [-0.4, -0.2) is 41.9 Å². The van der Waals surface area contributed by atoms with Crippen LogP contribution in [0, 0.1) is 0 Å². The van der Waals surface area contributed by atoms with Crippen molar-refractivity contribution in [3.63, 3.8) is 0 Å². The number of pyridine rings is 1. The number of aromatic nitrogens is 1. The van der Waals surface area contributed by atoms with Crippen LogP contribution >= 0.6 is 0 Å². The molecule has 0 atom stereocenters. The van der Waals surface area contributed by atoms with Crippen LogP contribution in [-0.2, 0) is 14.9 Å². The standard InChI is InChI=1S/C23H24F3N3O4/c1-21(2)17-10-14(19(30)28-22(3)6-8-32-9-7-22)4-5-18(17)29(20(21)31)15-11-16(13-27-12-15)33-23(24,25)26/h4-5,10-13H,6-9H2,1-3H3,(H,28,30). The van der Waals surface area contributed by atoms with Gasteiger partial charge in [-0.3, -0.25) is 19.5 Å². The van der Waals surface area contributed by atoms with E-state index in [2.05, 4.69) is 15.0 Å². The van der Waals surface area contributed by atoms with Crippen molar-refractivity contribution < 1.29 is 32.2 Å². The molecule has 2 aromatic rings. The number of anilines is 2. The van der Waals surface area contributed by atoms with E-state index in [1.165, 1.54) is 11.1 Å². The third-order valence-corrected chi connectivity index (χ3v) is 6.11. The van der Waals surface area contributed by atoms with Gasteiger partial charge in [-0.2, -0.15) is 0 Å². The number of carbonyl (C=O) groups is 2. The summed E-state index contributed by atoms with van der Waals surface area (Å²) in [6.07, 6.45) is -1.27. The number of fused-ring (bicyclic) bond motifs is 1. The molecule has 3 heterocycles. The number of carbonyl (C=O) groups excluding carboxylic acids is 2. The number of nitrogens with zero attached hydrogens (tertiary/aromatic N) is 2. The minimum atomic E-state index is -4.88. The van der Waals surface area contributed by atoms with E-state index in [1.807, 2.05) is 6.92 Å². The van der Waals surface area contributed by atoms with Gasteiger partial charge in [-0.05, 0) is 57.4 Å². The molecule has 1 N–H and O–H groups in total. The first-order valence-electron chi connectivity index (χ1n) is 10.5. The number of halogens is 3. The van der Waals surface area contributed by atoms with Crippen LogP contribution in [0.3, 0.4) is 0 Å². The highest BCUT2D eigenvalue weighted by molar-refractivity contribution is 6.13. The number of alkyl halides is 3. The van der Waals surface area contributed by atoms with Gasteiger partial charge in [-0.1, -0.05) is 0 Å². The van der Waals surface area contributed by atoms with Crippen LogP contribution in [0.4, 0.5) is 24.5 Å². The molecule has 4 rings (SSSR count). The molecule has 1 aromatic heterocycles. The van der Waals surface area contributed by atoms with Gasteiger partial charge in [-0.15, -0.1) is 13.2 Å². The van der Waals surface area contributed by atoms with Gasteiger partial charge < -0.3 is 14.8 Å². The second kappa shape index (κ2) is 8.02. The molecule has 0 spiro atoms. The lowest BCUT2D eigenvalue weighted by Gasteiger charge is -2.34. The van der Waals surface area contributed by atoms with E-state index in [-0.39, 0.29) is 23.0 Å². The van der Waals surface area contributed by atoms with E-state index in [0.717, 1.165) is 12.3 Å². The Morgan fingerprint density at radius 3 is 2.52 bits per heavy atom. The SMILES string of the molecule is CC1(NC(=O)c2ccc3c(c2)C(C)(C)C(=O)N3c2cncc(OC(F)(F)F)c2)CCOCC1. The van der Waals surface area contributed by atoms with Gasteiger partial charge in [0.15, 0.2) is 0 Å². The number of ether oxygens (including phenoxy) is 2. The van der Waals surface area contributed by atoms with Gasteiger partial charge in [0.05, 0.1) is 29.2 Å². The summed E-state index contributed by atoms with van der Waals surface area (Å²) in [6.45, 7) is 6.53. The fourth-order valence-electron chi connectivity index (χ4n) is 4.15. The lowest BCUT2D eigenvalue weighted by atomic mass is 9.85. The quantitative estimate of drug-likeness (QED) is 0.734. The number of amides is 2. The Morgan fingerprint density at radius 2 is 1.85 bits per heavy atom. The van der Waals surface area contributed by atoms with E-state index >= 15 is 0 Å². The zero-order chi connectivity index (χ0) is 24.0. The average molecular weight is 463 g/mol. The third kappa shape index (κ3) is 4.52. The maximum Gasteiger partial charge on any atom is 0.573 e. The minimum absolute atomic E-state index is 0.139. The van der Waals surface area contributed by atoms with E-state index in [1.54, 1.807) is 32.0 Å². The maximum absolute atomic E-state index is 13.3.